The largest absolute Gasteiger partial charge is 0.483 e. The van der Waals surface area contributed by atoms with E-state index >= 15 is 0 Å². The molecule has 0 radical (unpaired) electrons. The van der Waals surface area contributed by atoms with E-state index in [4.69, 9.17) is 14.2 Å². The zero-order valence-electron chi connectivity index (χ0n) is 16.1. The van der Waals surface area contributed by atoms with Crippen molar-refractivity contribution in [1.29, 1.82) is 0 Å². The molecule has 3 fully saturated rings. The Morgan fingerprint density at radius 1 is 1.36 bits per heavy atom. The molecule has 9 nitrogen and oxygen atoms in total. The predicted molar refractivity (Wildman–Crippen MR) is 99.0 cm³/mol. The Kier molecular flexibility index (Phi) is 5.36. The number of likely N-dealkylation sites (tertiary alicyclic amines) is 1. The van der Waals surface area contributed by atoms with Crippen molar-refractivity contribution in [3.8, 4) is 5.75 Å². The van der Waals surface area contributed by atoms with Gasteiger partial charge < -0.3 is 29.7 Å². The minimum absolute atomic E-state index is 0.0501. The maximum Gasteiger partial charge on any atom is 0.315 e. The van der Waals surface area contributed by atoms with E-state index in [0.29, 0.717) is 31.9 Å². The summed E-state index contributed by atoms with van der Waals surface area (Å²) in [6.45, 7) is 3.10. The molecule has 4 heterocycles. The van der Waals surface area contributed by atoms with Crippen molar-refractivity contribution >= 4 is 11.9 Å². The number of ether oxygens (including phenoxy) is 3. The first-order valence-electron chi connectivity index (χ1n) is 9.64. The fourth-order valence-electron chi connectivity index (χ4n) is 3.98. The molecule has 3 aliphatic heterocycles. The number of nitrogens with zero attached hydrogens (tertiary/aromatic N) is 2. The summed E-state index contributed by atoms with van der Waals surface area (Å²) in [4.78, 5) is 29.8. The van der Waals surface area contributed by atoms with Crippen LogP contribution in [0.15, 0.2) is 18.3 Å². The number of hydrogen-bond donors (Lipinski definition) is 2. The first-order chi connectivity index (χ1) is 13.5. The number of amides is 3. The fraction of sp³-hybridized carbons (Fsp3) is 0.632. The smallest absolute Gasteiger partial charge is 0.315 e. The molecule has 3 aliphatic rings. The summed E-state index contributed by atoms with van der Waals surface area (Å²) in [6.07, 6.45) is 2.31. The lowest BCUT2D eigenvalue weighted by atomic mass is 10.1. The molecule has 2 N–H and O–H groups in total. The highest BCUT2D eigenvalue weighted by Crippen LogP contribution is 2.30. The molecule has 0 aliphatic carbocycles. The molecule has 4 rings (SSSR count). The Labute approximate surface area is 163 Å². The Bertz CT molecular complexity index is 745. The zero-order valence-corrected chi connectivity index (χ0v) is 16.1. The quantitative estimate of drug-likeness (QED) is 0.746. The minimum atomic E-state index is -0.280. The van der Waals surface area contributed by atoms with E-state index in [2.05, 4.69) is 15.6 Å². The maximum absolute atomic E-state index is 12.3. The van der Waals surface area contributed by atoms with E-state index in [9.17, 15) is 9.59 Å². The summed E-state index contributed by atoms with van der Waals surface area (Å²) >= 11 is 0. The molecule has 3 saturated heterocycles. The number of aromatic nitrogens is 1. The molecule has 9 heteroatoms. The highest BCUT2D eigenvalue weighted by molar-refractivity contribution is 5.79. The van der Waals surface area contributed by atoms with Crippen LogP contribution in [0.2, 0.25) is 0 Å². The van der Waals surface area contributed by atoms with Crippen molar-refractivity contribution in [3.63, 3.8) is 0 Å². The Balaban J connectivity index is 1.27. The van der Waals surface area contributed by atoms with Crippen LogP contribution in [0, 0.1) is 6.92 Å². The van der Waals surface area contributed by atoms with Gasteiger partial charge in [0, 0.05) is 32.3 Å². The van der Waals surface area contributed by atoms with Gasteiger partial charge in [0.05, 0.1) is 24.9 Å². The first-order valence-corrected chi connectivity index (χ1v) is 9.64. The van der Waals surface area contributed by atoms with E-state index < -0.39 is 0 Å². The summed E-state index contributed by atoms with van der Waals surface area (Å²) in [5, 5.41) is 5.77. The number of nitrogens with one attached hydrogen (secondary N) is 2. The molecule has 5 atom stereocenters. The Morgan fingerprint density at radius 2 is 2.18 bits per heavy atom. The van der Waals surface area contributed by atoms with Gasteiger partial charge in [-0.15, -0.1) is 0 Å². The second-order valence-electron chi connectivity index (χ2n) is 7.50. The average Bonchev–Trinajstić information content (AvgIpc) is 3.35. The minimum Gasteiger partial charge on any atom is -0.483 e. The molecule has 1 aromatic rings. The number of hydrogen-bond acceptors (Lipinski definition) is 6. The third-order valence-electron chi connectivity index (χ3n) is 5.69. The topological polar surface area (TPSA) is 102 Å². The SMILES string of the molecule is Cc1ncccc1O[C@H]1CO[C@H]2[C@@H]1OC[C@@H]2NC(=O)NCC1CCC(=O)N1C. The monoisotopic (exact) mass is 390 g/mol. The Morgan fingerprint density at radius 3 is 2.93 bits per heavy atom. The van der Waals surface area contributed by atoms with Crippen molar-refractivity contribution in [2.75, 3.05) is 26.8 Å². The van der Waals surface area contributed by atoms with Crippen molar-refractivity contribution in [2.24, 2.45) is 0 Å². The van der Waals surface area contributed by atoms with Crippen LogP contribution in [0.1, 0.15) is 18.5 Å². The number of aryl methyl sites for hydroxylation is 1. The van der Waals surface area contributed by atoms with Crippen LogP contribution >= 0.6 is 0 Å². The summed E-state index contributed by atoms with van der Waals surface area (Å²) < 4.78 is 17.7. The number of likely N-dealkylation sites (N-methyl/N-ethyl adjacent to an activating group) is 1. The van der Waals surface area contributed by atoms with Gasteiger partial charge in [0.15, 0.2) is 6.10 Å². The van der Waals surface area contributed by atoms with Gasteiger partial charge in [-0.2, -0.15) is 0 Å². The van der Waals surface area contributed by atoms with E-state index in [-0.39, 0.29) is 42.3 Å². The lowest BCUT2D eigenvalue weighted by Gasteiger charge is -2.22. The van der Waals surface area contributed by atoms with Crippen LogP contribution in [-0.2, 0) is 14.3 Å². The van der Waals surface area contributed by atoms with Gasteiger partial charge in [0.2, 0.25) is 5.91 Å². The zero-order chi connectivity index (χ0) is 19.7. The number of carbonyl (C=O) groups is 2. The van der Waals surface area contributed by atoms with E-state index in [1.54, 1.807) is 18.1 Å². The molecule has 0 saturated carbocycles. The second-order valence-corrected chi connectivity index (χ2v) is 7.50. The first kappa shape index (κ1) is 18.9. The molecular formula is C19H26N4O5. The summed E-state index contributed by atoms with van der Waals surface area (Å²) in [5.41, 5.74) is 0.813. The molecule has 3 amide bonds. The lowest BCUT2D eigenvalue weighted by molar-refractivity contribution is -0.127. The van der Waals surface area contributed by atoms with Gasteiger partial charge in [-0.3, -0.25) is 9.78 Å². The van der Waals surface area contributed by atoms with Crippen LogP contribution in [0.3, 0.4) is 0 Å². The third kappa shape index (κ3) is 3.77. The number of rotatable bonds is 5. The van der Waals surface area contributed by atoms with Crippen molar-refractivity contribution in [2.45, 2.75) is 50.2 Å². The Hall–Kier alpha value is -2.39. The maximum atomic E-state index is 12.3. The number of urea groups is 1. The van der Waals surface area contributed by atoms with Gasteiger partial charge in [0.1, 0.15) is 18.0 Å². The molecule has 28 heavy (non-hydrogen) atoms. The molecular weight excluding hydrogens is 364 g/mol. The van der Waals surface area contributed by atoms with Crippen LogP contribution in [0.5, 0.6) is 5.75 Å². The van der Waals surface area contributed by atoms with Crippen molar-refractivity contribution < 1.29 is 23.8 Å². The van der Waals surface area contributed by atoms with Crippen LogP contribution in [0.4, 0.5) is 4.79 Å². The second kappa shape index (κ2) is 7.92. The van der Waals surface area contributed by atoms with Crippen LogP contribution < -0.4 is 15.4 Å². The number of fused-ring (bicyclic) bond motifs is 1. The highest BCUT2D eigenvalue weighted by Gasteiger charge is 2.49. The van der Waals surface area contributed by atoms with E-state index in [0.717, 1.165) is 12.1 Å². The molecule has 152 valence electrons. The summed E-state index contributed by atoms with van der Waals surface area (Å²) in [7, 11) is 1.77. The summed E-state index contributed by atoms with van der Waals surface area (Å²) in [6, 6.07) is 3.23. The molecule has 1 aromatic heterocycles. The van der Waals surface area contributed by atoms with Crippen LogP contribution in [0.25, 0.3) is 0 Å². The van der Waals surface area contributed by atoms with Gasteiger partial charge in [0.25, 0.3) is 0 Å². The summed E-state index contributed by atoms with van der Waals surface area (Å²) in [5.74, 6) is 0.832. The highest BCUT2D eigenvalue weighted by atomic mass is 16.6. The molecule has 0 aromatic carbocycles. The standard InChI is InChI=1S/C19H26N4O5/c1-11-14(4-3-7-20-11)28-15-10-27-17-13(9-26-18(15)17)22-19(25)21-8-12-5-6-16(24)23(12)2/h3-4,7,12-13,15,17-18H,5-6,8-10H2,1-2H3,(H2,21,22,25)/t12?,13-,15-,17+,18+/m0/s1. The van der Waals surface area contributed by atoms with Gasteiger partial charge >= 0.3 is 6.03 Å². The van der Waals surface area contributed by atoms with Crippen molar-refractivity contribution in [1.82, 2.24) is 20.5 Å². The van der Waals surface area contributed by atoms with Gasteiger partial charge in [-0.05, 0) is 25.5 Å². The van der Waals surface area contributed by atoms with E-state index in [1.807, 2.05) is 19.1 Å². The molecule has 1 unspecified atom stereocenters. The fourth-order valence-corrected chi connectivity index (χ4v) is 3.98. The van der Waals surface area contributed by atoms with Gasteiger partial charge in [-0.25, -0.2) is 4.79 Å². The normalized spacial score (nSPS) is 31.7. The lowest BCUT2D eigenvalue weighted by Crippen LogP contribution is -2.50. The molecule has 0 bridgehead atoms. The van der Waals surface area contributed by atoms with Gasteiger partial charge in [-0.1, -0.05) is 0 Å². The van der Waals surface area contributed by atoms with E-state index in [1.165, 1.54) is 0 Å². The third-order valence-corrected chi connectivity index (χ3v) is 5.69. The number of pyridine rings is 1. The predicted octanol–water partition coefficient (Wildman–Crippen LogP) is 0.224. The number of carbonyl (C=O) groups excluding carboxylic acids is 2. The van der Waals surface area contributed by atoms with Crippen LogP contribution in [-0.4, -0.2) is 79.0 Å². The average molecular weight is 390 g/mol. The van der Waals surface area contributed by atoms with Crippen molar-refractivity contribution in [3.05, 3.63) is 24.0 Å². The molecule has 0 spiro atoms.